The van der Waals surface area contributed by atoms with Gasteiger partial charge < -0.3 is 19.8 Å². The van der Waals surface area contributed by atoms with Crippen LogP contribution in [0, 0.1) is 0 Å². The molecule has 0 aliphatic carbocycles. The Balaban J connectivity index is 1.44. The summed E-state index contributed by atoms with van der Waals surface area (Å²) in [5.41, 5.74) is 3.10. The van der Waals surface area contributed by atoms with Crippen molar-refractivity contribution < 1.29 is 23.9 Å². The minimum Gasteiger partial charge on any atom is -0.496 e. The third-order valence-electron chi connectivity index (χ3n) is 5.16. The molecule has 0 radical (unpaired) electrons. The fourth-order valence-corrected chi connectivity index (χ4v) is 3.60. The van der Waals surface area contributed by atoms with Gasteiger partial charge in [-0.25, -0.2) is 0 Å². The Bertz CT molecular complexity index is 1310. The molecule has 1 amide bonds. The number of aromatic nitrogens is 1. The number of esters is 1. The van der Waals surface area contributed by atoms with Crippen molar-refractivity contribution in [2.24, 2.45) is 0 Å². The standard InChI is InChI=1S/C26H22N2O5/c1-32-22-14-8-6-12-19(22)26(31)27-15-23(30)33-16-21(29)24-18-11-5-7-13-20(18)28-25(24)17-9-3-2-4-10-17/h2-14,28H,15-16H2,1H3,(H,27,31). The zero-order valence-electron chi connectivity index (χ0n) is 18.0. The van der Waals surface area contributed by atoms with Crippen LogP contribution in [0.1, 0.15) is 20.7 Å². The van der Waals surface area contributed by atoms with E-state index in [1.54, 1.807) is 24.3 Å². The largest absolute Gasteiger partial charge is 0.496 e. The molecule has 0 fully saturated rings. The van der Waals surface area contributed by atoms with Gasteiger partial charge in [-0.3, -0.25) is 14.4 Å². The van der Waals surface area contributed by atoms with Crippen molar-refractivity contribution >= 4 is 28.6 Å². The average molecular weight is 442 g/mol. The molecule has 0 atom stereocenters. The summed E-state index contributed by atoms with van der Waals surface area (Å²) in [6.45, 7) is -0.811. The van der Waals surface area contributed by atoms with Gasteiger partial charge in [0.1, 0.15) is 12.3 Å². The molecule has 3 aromatic carbocycles. The smallest absolute Gasteiger partial charge is 0.325 e. The molecule has 0 unspecified atom stereocenters. The summed E-state index contributed by atoms with van der Waals surface area (Å²) < 4.78 is 10.3. The lowest BCUT2D eigenvalue weighted by atomic mass is 10.0. The lowest BCUT2D eigenvalue weighted by Gasteiger charge is -2.09. The van der Waals surface area contributed by atoms with Crippen LogP contribution in [0.5, 0.6) is 5.75 Å². The van der Waals surface area contributed by atoms with E-state index in [-0.39, 0.29) is 12.3 Å². The van der Waals surface area contributed by atoms with E-state index in [4.69, 9.17) is 9.47 Å². The van der Waals surface area contributed by atoms with Crippen LogP contribution in [-0.4, -0.2) is 42.9 Å². The number of H-pyrrole nitrogens is 1. The van der Waals surface area contributed by atoms with Gasteiger partial charge >= 0.3 is 5.97 Å². The second-order valence-corrected chi connectivity index (χ2v) is 7.25. The first-order chi connectivity index (χ1) is 16.1. The Morgan fingerprint density at radius 3 is 2.36 bits per heavy atom. The Kier molecular flexibility index (Phi) is 6.50. The van der Waals surface area contributed by atoms with Crippen LogP contribution in [0.4, 0.5) is 0 Å². The third-order valence-corrected chi connectivity index (χ3v) is 5.16. The summed E-state index contributed by atoms with van der Waals surface area (Å²) in [4.78, 5) is 40.9. The number of ether oxygens (including phenoxy) is 2. The van der Waals surface area contributed by atoms with Gasteiger partial charge in [0.2, 0.25) is 5.78 Å². The monoisotopic (exact) mass is 442 g/mol. The second-order valence-electron chi connectivity index (χ2n) is 7.25. The minimum absolute atomic E-state index is 0.301. The number of rotatable bonds is 8. The molecule has 0 bridgehead atoms. The summed E-state index contributed by atoms with van der Waals surface area (Å²) in [7, 11) is 1.46. The molecule has 1 heterocycles. The molecule has 7 nitrogen and oxygen atoms in total. The normalized spacial score (nSPS) is 10.6. The minimum atomic E-state index is -0.715. The molecule has 166 valence electrons. The maximum absolute atomic E-state index is 13.1. The second kappa shape index (κ2) is 9.82. The molecule has 0 aliphatic heterocycles. The Morgan fingerprint density at radius 1 is 0.879 bits per heavy atom. The van der Waals surface area contributed by atoms with Crippen LogP contribution < -0.4 is 10.1 Å². The average Bonchev–Trinajstić information content (AvgIpc) is 3.26. The Morgan fingerprint density at radius 2 is 1.58 bits per heavy atom. The quantitative estimate of drug-likeness (QED) is 0.318. The van der Waals surface area contributed by atoms with Gasteiger partial charge in [0, 0.05) is 10.9 Å². The van der Waals surface area contributed by atoms with Crippen LogP contribution in [0.15, 0.2) is 78.9 Å². The van der Waals surface area contributed by atoms with Crippen LogP contribution in [-0.2, 0) is 9.53 Å². The number of aromatic amines is 1. The summed E-state index contributed by atoms with van der Waals surface area (Å²) in [6, 6.07) is 23.6. The fourth-order valence-electron chi connectivity index (χ4n) is 3.60. The molecule has 0 saturated carbocycles. The highest BCUT2D eigenvalue weighted by atomic mass is 16.5. The van der Waals surface area contributed by atoms with Crippen molar-refractivity contribution in [3.8, 4) is 17.0 Å². The van der Waals surface area contributed by atoms with Gasteiger partial charge in [-0.1, -0.05) is 60.7 Å². The maximum Gasteiger partial charge on any atom is 0.325 e. The number of fused-ring (bicyclic) bond motifs is 1. The number of methoxy groups -OCH3 is 1. The molecule has 0 spiro atoms. The van der Waals surface area contributed by atoms with Gasteiger partial charge in [-0.15, -0.1) is 0 Å². The van der Waals surface area contributed by atoms with Gasteiger partial charge in [0.15, 0.2) is 6.61 Å². The zero-order valence-corrected chi connectivity index (χ0v) is 18.0. The van der Waals surface area contributed by atoms with E-state index in [1.165, 1.54) is 7.11 Å². The van der Waals surface area contributed by atoms with Crippen molar-refractivity contribution in [2.75, 3.05) is 20.3 Å². The SMILES string of the molecule is COc1ccccc1C(=O)NCC(=O)OCC(=O)c1c(-c2ccccc2)[nH]c2ccccc12. The summed E-state index contributed by atoms with van der Waals surface area (Å²) >= 11 is 0. The van der Waals surface area contributed by atoms with Crippen molar-refractivity contribution in [1.82, 2.24) is 10.3 Å². The van der Waals surface area contributed by atoms with E-state index >= 15 is 0 Å². The van der Waals surface area contributed by atoms with Crippen LogP contribution >= 0.6 is 0 Å². The number of carbonyl (C=O) groups excluding carboxylic acids is 3. The topological polar surface area (TPSA) is 97.5 Å². The Labute approximate surface area is 190 Å². The van der Waals surface area contributed by atoms with Gasteiger partial charge in [0.05, 0.1) is 23.9 Å². The summed E-state index contributed by atoms with van der Waals surface area (Å²) in [5.74, 6) is -1.13. The number of Topliss-reactive ketones (excluding diaryl/α,β-unsaturated/α-hetero) is 1. The third kappa shape index (κ3) is 4.77. The van der Waals surface area contributed by atoms with Crippen molar-refractivity contribution in [1.29, 1.82) is 0 Å². The van der Waals surface area contributed by atoms with Crippen molar-refractivity contribution in [2.45, 2.75) is 0 Å². The first-order valence-electron chi connectivity index (χ1n) is 10.3. The molecule has 4 aromatic rings. The van der Waals surface area contributed by atoms with E-state index < -0.39 is 18.5 Å². The zero-order chi connectivity index (χ0) is 23.2. The molecule has 1 aromatic heterocycles. The van der Waals surface area contributed by atoms with Crippen LogP contribution in [0.3, 0.4) is 0 Å². The molecule has 33 heavy (non-hydrogen) atoms. The fraction of sp³-hybridized carbons (Fsp3) is 0.115. The lowest BCUT2D eigenvalue weighted by molar-refractivity contribution is -0.141. The van der Waals surface area contributed by atoms with Crippen molar-refractivity contribution in [3.63, 3.8) is 0 Å². The number of benzene rings is 3. The highest BCUT2D eigenvalue weighted by Gasteiger charge is 2.21. The molecule has 4 rings (SSSR count). The molecule has 7 heteroatoms. The lowest BCUT2D eigenvalue weighted by Crippen LogP contribution is -2.31. The highest BCUT2D eigenvalue weighted by molar-refractivity contribution is 6.14. The van der Waals surface area contributed by atoms with E-state index in [0.717, 1.165) is 16.5 Å². The molecule has 2 N–H and O–H groups in total. The predicted molar refractivity (Wildman–Crippen MR) is 124 cm³/mol. The molecule has 0 aliphatic rings. The van der Waals surface area contributed by atoms with E-state index in [1.807, 2.05) is 54.6 Å². The van der Waals surface area contributed by atoms with Crippen LogP contribution in [0.25, 0.3) is 22.2 Å². The number of ketones is 1. The molecular formula is C26H22N2O5. The molecule has 0 saturated heterocycles. The number of nitrogens with one attached hydrogen (secondary N) is 2. The number of hydrogen-bond acceptors (Lipinski definition) is 5. The number of hydrogen-bond donors (Lipinski definition) is 2. The van der Waals surface area contributed by atoms with E-state index in [0.29, 0.717) is 22.6 Å². The Hall–Kier alpha value is -4.39. The first kappa shape index (κ1) is 21.8. The summed E-state index contributed by atoms with van der Waals surface area (Å²) in [6.07, 6.45) is 0. The van der Waals surface area contributed by atoms with Gasteiger partial charge in [-0.05, 0) is 23.8 Å². The van der Waals surface area contributed by atoms with E-state index in [2.05, 4.69) is 10.3 Å². The summed E-state index contributed by atoms with van der Waals surface area (Å²) in [5, 5.41) is 3.24. The molecular weight excluding hydrogens is 420 g/mol. The highest BCUT2D eigenvalue weighted by Crippen LogP contribution is 2.30. The van der Waals surface area contributed by atoms with Crippen LogP contribution in [0.2, 0.25) is 0 Å². The number of carbonyl (C=O) groups is 3. The van der Waals surface area contributed by atoms with Gasteiger partial charge in [0.25, 0.3) is 5.91 Å². The van der Waals surface area contributed by atoms with E-state index in [9.17, 15) is 14.4 Å². The predicted octanol–water partition coefficient (Wildman–Crippen LogP) is 4.00. The maximum atomic E-state index is 13.1. The van der Waals surface area contributed by atoms with Crippen molar-refractivity contribution in [3.05, 3.63) is 90.0 Å². The number of para-hydroxylation sites is 2. The first-order valence-corrected chi connectivity index (χ1v) is 10.3. The van der Waals surface area contributed by atoms with Gasteiger partial charge in [-0.2, -0.15) is 0 Å². The number of amides is 1.